The molecule has 1 aliphatic rings. The van der Waals surface area contributed by atoms with Gasteiger partial charge in [-0.3, -0.25) is 14.9 Å². The summed E-state index contributed by atoms with van der Waals surface area (Å²) >= 11 is 0. The lowest BCUT2D eigenvalue weighted by atomic mass is 10.2. The summed E-state index contributed by atoms with van der Waals surface area (Å²) in [6.07, 6.45) is 1.53. The maximum atomic E-state index is 11.6. The molecule has 1 atom stereocenters. The zero-order valence-corrected chi connectivity index (χ0v) is 11.7. The molecule has 1 aliphatic heterocycles. The Morgan fingerprint density at radius 3 is 2.81 bits per heavy atom. The Morgan fingerprint density at radius 1 is 1.57 bits per heavy atom. The van der Waals surface area contributed by atoms with E-state index in [9.17, 15) is 23.3 Å². The first-order valence-electron chi connectivity index (χ1n) is 6.08. The number of sulfone groups is 1. The van der Waals surface area contributed by atoms with Gasteiger partial charge in [0.2, 0.25) is 5.82 Å². The number of nitrogens with zero attached hydrogens (tertiary/aromatic N) is 3. The molecule has 10 heteroatoms. The van der Waals surface area contributed by atoms with Crippen molar-refractivity contribution in [2.45, 2.75) is 12.5 Å². The van der Waals surface area contributed by atoms with Crippen molar-refractivity contribution in [2.75, 3.05) is 23.0 Å². The molecule has 0 spiro atoms. The highest BCUT2D eigenvalue weighted by Gasteiger charge is 2.36. The van der Waals surface area contributed by atoms with Gasteiger partial charge in [0, 0.05) is 18.3 Å². The van der Waals surface area contributed by atoms with Gasteiger partial charge < -0.3 is 10.0 Å². The third kappa shape index (κ3) is 3.45. The van der Waals surface area contributed by atoms with Crippen molar-refractivity contribution < 1.29 is 23.2 Å². The lowest BCUT2D eigenvalue weighted by Gasteiger charge is -2.26. The van der Waals surface area contributed by atoms with Crippen molar-refractivity contribution in [2.24, 2.45) is 0 Å². The Bertz CT molecular complexity index is 674. The predicted molar refractivity (Wildman–Crippen MR) is 72.9 cm³/mol. The molecule has 2 rings (SSSR count). The second-order valence-electron chi connectivity index (χ2n) is 4.68. The number of pyridine rings is 1. The maximum absolute atomic E-state index is 11.6. The molecule has 1 N–H and O–H groups in total. The Morgan fingerprint density at radius 2 is 2.29 bits per heavy atom. The molecule has 0 amide bonds. The highest BCUT2D eigenvalue weighted by Crippen LogP contribution is 2.29. The highest BCUT2D eigenvalue weighted by molar-refractivity contribution is 7.91. The van der Waals surface area contributed by atoms with Crippen molar-refractivity contribution >= 4 is 27.3 Å². The van der Waals surface area contributed by atoms with E-state index in [1.54, 1.807) is 0 Å². The van der Waals surface area contributed by atoms with Crippen LogP contribution < -0.4 is 4.90 Å². The van der Waals surface area contributed by atoms with Crippen LogP contribution in [-0.2, 0) is 14.6 Å². The van der Waals surface area contributed by atoms with Crippen molar-refractivity contribution in [3.63, 3.8) is 0 Å². The third-order valence-corrected chi connectivity index (χ3v) is 4.94. The van der Waals surface area contributed by atoms with Gasteiger partial charge in [-0.15, -0.1) is 0 Å². The molecule has 1 aromatic heterocycles. The average molecular weight is 315 g/mol. The van der Waals surface area contributed by atoms with Crippen LogP contribution in [-0.4, -0.2) is 53.5 Å². The summed E-state index contributed by atoms with van der Waals surface area (Å²) in [6.45, 7) is -0.544. The molecule has 0 radical (unpaired) electrons. The number of hydrogen-bond acceptors (Lipinski definition) is 7. The molecule has 0 aliphatic carbocycles. The van der Waals surface area contributed by atoms with Crippen LogP contribution in [0.15, 0.2) is 18.3 Å². The van der Waals surface area contributed by atoms with E-state index in [1.807, 2.05) is 0 Å². The SMILES string of the molecule is O=C(O)CN(c1ncccc1[N+](=O)[O-])C1CCS(=O)(=O)C1. The lowest BCUT2D eigenvalue weighted by Crippen LogP contribution is -2.41. The molecule has 2 heterocycles. The fourth-order valence-electron chi connectivity index (χ4n) is 2.30. The van der Waals surface area contributed by atoms with Crippen LogP contribution in [0.5, 0.6) is 0 Å². The van der Waals surface area contributed by atoms with Gasteiger partial charge in [0.25, 0.3) is 0 Å². The Hall–Kier alpha value is -2.23. The molecule has 114 valence electrons. The van der Waals surface area contributed by atoms with Gasteiger partial charge in [0.05, 0.1) is 16.4 Å². The second-order valence-corrected chi connectivity index (χ2v) is 6.91. The van der Waals surface area contributed by atoms with Gasteiger partial charge in [-0.05, 0) is 12.5 Å². The summed E-state index contributed by atoms with van der Waals surface area (Å²) in [7, 11) is -3.25. The molecule has 1 fully saturated rings. The highest BCUT2D eigenvalue weighted by atomic mass is 32.2. The van der Waals surface area contributed by atoms with E-state index in [4.69, 9.17) is 5.11 Å². The number of carboxylic acids is 1. The molecule has 0 aromatic carbocycles. The van der Waals surface area contributed by atoms with Gasteiger partial charge in [-0.2, -0.15) is 0 Å². The Balaban J connectivity index is 2.42. The predicted octanol–water partition coefficient (Wildman–Crippen LogP) is 0.0679. The van der Waals surface area contributed by atoms with Crippen LogP contribution in [0.3, 0.4) is 0 Å². The van der Waals surface area contributed by atoms with Crippen LogP contribution in [0.1, 0.15) is 6.42 Å². The summed E-state index contributed by atoms with van der Waals surface area (Å²) in [5.41, 5.74) is -0.344. The number of hydrogen-bond donors (Lipinski definition) is 1. The number of rotatable bonds is 5. The zero-order chi connectivity index (χ0) is 15.6. The van der Waals surface area contributed by atoms with Crippen LogP contribution in [0.4, 0.5) is 11.5 Å². The largest absolute Gasteiger partial charge is 0.480 e. The maximum Gasteiger partial charge on any atom is 0.323 e. The molecular formula is C11H13N3O6S. The van der Waals surface area contributed by atoms with Gasteiger partial charge in [-0.25, -0.2) is 13.4 Å². The topological polar surface area (TPSA) is 131 Å². The van der Waals surface area contributed by atoms with Gasteiger partial charge in [-0.1, -0.05) is 0 Å². The first kappa shape index (κ1) is 15.2. The number of aliphatic carboxylic acids is 1. The molecule has 0 bridgehead atoms. The van der Waals surface area contributed by atoms with Gasteiger partial charge in [0.1, 0.15) is 6.54 Å². The molecule has 21 heavy (non-hydrogen) atoms. The molecule has 1 saturated heterocycles. The Kier molecular flexibility index (Phi) is 4.07. The van der Waals surface area contributed by atoms with Crippen molar-refractivity contribution in [3.8, 4) is 0 Å². The van der Waals surface area contributed by atoms with Gasteiger partial charge in [0.15, 0.2) is 9.84 Å². The summed E-state index contributed by atoms with van der Waals surface area (Å²) in [6, 6.07) is 1.95. The number of nitro groups is 1. The minimum Gasteiger partial charge on any atom is -0.480 e. The summed E-state index contributed by atoms with van der Waals surface area (Å²) in [4.78, 5) is 26.4. The van der Waals surface area contributed by atoms with E-state index >= 15 is 0 Å². The van der Waals surface area contributed by atoms with E-state index in [1.165, 1.54) is 23.2 Å². The van der Waals surface area contributed by atoms with Crippen LogP contribution in [0, 0.1) is 10.1 Å². The number of anilines is 1. The number of aromatic nitrogens is 1. The molecule has 1 aromatic rings. The van der Waals surface area contributed by atoms with E-state index in [0.29, 0.717) is 0 Å². The summed E-state index contributed by atoms with van der Waals surface area (Å²) in [5, 5.41) is 20.0. The molecule has 0 saturated carbocycles. The molecule has 1 unspecified atom stereocenters. The fraction of sp³-hybridized carbons (Fsp3) is 0.455. The van der Waals surface area contributed by atoms with Crippen LogP contribution >= 0.6 is 0 Å². The average Bonchev–Trinajstić information content (AvgIpc) is 2.76. The first-order valence-corrected chi connectivity index (χ1v) is 7.90. The smallest absolute Gasteiger partial charge is 0.323 e. The van der Waals surface area contributed by atoms with Crippen molar-refractivity contribution in [3.05, 3.63) is 28.4 Å². The minimum atomic E-state index is -3.25. The summed E-state index contributed by atoms with van der Waals surface area (Å²) in [5.74, 6) is -1.62. The van der Waals surface area contributed by atoms with Crippen LogP contribution in [0.25, 0.3) is 0 Å². The van der Waals surface area contributed by atoms with Crippen molar-refractivity contribution in [1.29, 1.82) is 0 Å². The van der Waals surface area contributed by atoms with Gasteiger partial charge >= 0.3 is 11.7 Å². The zero-order valence-electron chi connectivity index (χ0n) is 10.9. The van der Waals surface area contributed by atoms with E-state index in [-0.39, 0.29) is 29.4 Å². The second kappa shape index (κ2) is 5.64. The normalized spacial score (nSPS) is 20.1. The first-order chi connectivity index (χ1) is 9.80. The standard InChI is InChI=1S/C11H13N3O6S/c15-10(16)6-13(8-3-5-21(19,20)7-8)11-9(14(17)18)2-1-4-12-11/h1-2,4,8H,3,5-7H2,(H,15,16). The molecule has 9 nitrogen and oxygen atoms in total. The van der Waals surface area contributed by atoms with E-state index < -0.39 is 33.3 Å². The summed E-state index contributed by atoms with van der Waals surface area (Å²) < 4.78 is 23.1. The quantitative estimate of drug-likeness (QED) is 0.596. The lowest BCUT2D eigenvalue weighted by molar-refractivity contribution is -0.384. The third-order valence-electron chi connectivity index (χ3n) is 3.19. The Labute approximate surface area is 120 Å². The van der Waals surface area contributed by atoms with Crippen molar-refractivity contribution in [1.82, 2.24) is 4.98 Å². The van der Waals surface area contributed by atoms with E-state index in [2.05, 4.69) is 4.98 Å². The number of carbonyl (C=O) groups is 1. The van der Waals surface area contributed by atoms with E-state index in [0.717, 1.165) is 0 Å². The molecular weight excluding hydrogens is 302 g/mol. The fourth-order valence-corrected chi connectivity index (χ4v) is 4.03. The number of carboxylic acid groups (broad SMARTS) is 1. The minimum absolute atomic E-state index is 0.0611. The monoisotopic (exact) mass is 315 g/mol. The van der Waals surface area contributed by atoms with Crippen LogP contribution in [0.2, 0.25) is 0 Å².